The molecule has 3 N–H and O–H groups in total. The molecule has 1 aliphatic heterocycles. The van der Waals surface area contributed by atoms with Gasteiger partial charge in [0.25, 0.3) is 11.5 Å². The van der Waals surface area contributed by atoms with E-state index in [2.05, 4.69) is 26.0 Å². The van der Waals surface area contributed by atoms with Crippen molar-refractivity contribution in [1.29, 1.82) is 0 Å². The van der Waals surface area contributed by atoms with E-state index in [0.717, 1.165) is 25.7 Å². The molecule has 3 aliphatic rings. The number of methoxy groups -OCH3 is 1. The number of amides is 1. The Morgan fingerprint density at radius 3 is 2.86 bits per heavy atom. The molecule has 1 amide bonds. The van der Waals surface area contributed by atoms with Gasteiger partial charge in [-0.3, -0.25) is 9.59 Å². The van der Waals surface area contributed by atoms with Gasteiger partial charge in [-0.15, -0.1) is 0 Å². The zero-order chi connectivity index (χ0) is 24.8. The fraction of sp³-hybridized carbons (Fsp3) is 0.520. The van der Waals surface area contributed by atoms with E-state index < -0.39 is 0 Å². The van der Waals surface area contributed by atoms with Crippen molar-refractivity contribution in [3.63, 3.8) is 0 Å². The van der Waals surface area contributed by atoms with Crippen LogP contribution in [0.2, 0.25) is 0 Å². The first-order valence-electron chi connectivity index (χ1n) is 12.5. The second-order valence-corrected chi connectivity index (χ2v) is 9.88. The van der Waals surface area contributed by atoms with Crippen LogP contribution >= 0.6 is 0 Å². The Morgan fingerprint density at radius 2 is 2.08 bits per heavy atom. The van der Waals surface area contributed by atoms with Crippen LogP contribution in [-0.4, -0.2) is 64.6 Å². The van der Waals surface area contributed by atoms with Crippen LogP contribution in [0.25, 0.3) is 5.65 Å². The van der Waals surface area contributed by atoms with Crippen molar-refractivity contribution < 1.29 is 14.3 Å². The van der Waals surface area contributed by atoms with E-state index in [1.165, 1.54) is 6.20 Å². The second-order valence-electron chi connectivity index (χ2n) is 9.88. The van der Waals surface area contributed by atoms with Crippen LogP contribution in [-0.2, 0) is 9.47 Å². The second kappa shape index (κ2) is 9.21. The van der Waals surface area contributed by atoms with Gasteiger partial charge in [0.1, 0.15) is 22.9 Å². The number of anilines is 3. The lowest BCUT2D eigenvalue weighted by Gasteiger charge is -2.28. The van der Waals surface area contributed by atoms with Crippen molar-refractivity contribution in [2.24, 2.45) is 11.8 Å². The van der Waals surface area contributed by atoms with Gasteiger partial charge in [0.2, 0.25) is 0 Å². The fourth-order valence-electron chi connectivity index (χ4n) is 5.72. The number of nitrogens with one attached hydrogen (secondary N) is 3. The Morgan fingerprint density at radius 1 is 1.25 bits per heavy atom. The van der Waals surface area contributed by atoms with Crippen LogP contribution in [0.4, 0.5) is 17.3 Å². The average Bonchev–Trinajstić information content (AvgIpc) is 3.21. The summed E-state index contributed by atoms with van der Waals surface area (Å²) in [6, 6.07) is 5.62. The number of nitrogens with zero attached hydrogens (tertiary/aromatic N) is 4. The molecule has 36 heavy (non-hydrogen) atoms. The molecule has 3 fully saturated rings. The molecule has 0 aromatic carbocycles. The summed E-state index contributed by atoms with van der Waals surface area (Å²) in [7, 11) is 3.49. The Hall–Kier alpha value is -3.44. The summed E-state index contributed by atoms with van der Waals surface area (Å²) in [5, 5.41) is 13.8. The van der Waals surface area contributed by atoms with Gasteiger partial charge in [0, 0.05) is 50.3 Å². The maximum atomic E-state index is 13.2. The van der Waals surface area contributed by atoms with Crippen molar-refractivity contribution in [2.45, 2.75) is 43.9 Å². The maximum Gasteiger partial charge on any atom is 0.274 e. The Labute approximate surface area is 208 Å². The quantitative estimate of drug-likeness (QED) is 0.458. The highest BCUT2D eigenvalue weighted by Gasteiger charge is 2.55. The third kappa shape index (κ3) is 4.01. The van der Waals surface area contributed by atoms with Crippen LogP contribution in [0.5, 0.6) is 0 Å². The molecule has 0 bridgehead atoms. The van der Waals surface area contributed by atoms with Crippen molar-refractivity contribution in [2.75, 3.05) is 38.0 Å². The van der Waals surface area contributed by atoms with E-state index in [-0.39, 0.29) is 29.7 Å². The van der Waals surface area contributed by atoms with Crippen LogP contribution < -0.4 is 21.5 Å². The van der Waals surface area contributed by atoms with Gasteiger partial charge in [-0.2, -0.15) is 9.61 Å². The topological polar surface area (TPSA) is 124 Å². The van der Waals surface area contributed by atoms with E-state index in [9.17, 15) is 9.59 Å². The number of hydrogen-bond acceptors (Lipinski definition) is 8. The summed E-state index contributed by atoms with van der Waals surface area (Å²) in [4.78, 5) is 31.1. The van der Waals surface area contributed by atoms with E-state index in [4.69, 9.17) is 9.47 Å². The van der Waals surface area contributed by atoms with Crippen molar-refractivity contribution in [3.8, 4) is 0 Å². The number of hydrogen-bond donors (Lipinski definition) is 3. The summed E-state index contributed by atoms with van der Waals surface area (Å²) < 4.78 is 14.4. The average molecular weight is 494 g/mol. The minimum atomic E-state index is -0.219. The zero-order valence-electron chi connectivity index (χ0n) is 20.4. The number of fused-ring (bicyclic) bond motifs is 2. The zero-order valence-corrected chi connectivity index (χ0v) is 20.4. The van der Waals surface area contributed by atoms with Crippen molar-refractivity contribution in [1.82, 2.24) is 24.5 Å². The molecule has 0 radical (unpaired) electrons. The molecule has 6 rings (SSSR count). The predicted molar refractivity (Wildman–Crippen MR) is 134 cm³/mol. The van der Waals surface area contributed by atoms with Crippen molar-refractivity contribution >= 4 is 28.9 Å². The minimum absolute atomic E-state index is 0.0475. The van der Waals surface area contributed by atoms with E-state index in [1.807, 2.05) is 12.3 Å². The number of ether oxygens (including phenoxy) is 2. The number of carbonyl (C=O) groups is 1. The molecule has 3 aromatic heterocycles. The van der Waals surface area contributed by atoms with Crippen LogP contribution in [0.1, 0.15) is 42.1 Å². The number of aromatic nitrogens is 4. The summed E-state index contributed by atoms with van der Waals surface area (Å²) >= 11 is 0. The van der Waals surface area contributed by atoms with Gasteiger partial charge >= 0.3 is 0 Å². The van der Waals surface area contributed by atoms with E-state index in [1.54, 1.807) is 35.4 Å². The monoisotopic (exact) mass is 493 g/mol. The Balaban J connectivity index is 1.27. The maximum absolute atomic E-state index is 13.2. The smallest absolute Gasteiger partial charge is 0.274 e. The van der Waals surface area contributed by atoms with Gasteiger partial charge in [0.05, 0.1) is 25.5 Å². The molecule has 1 saturated heterocycles. The first kappa shape index (κ1) is 23.0. The largest absolute Gasteiger partial charge is 0.381 e. The van der Waals surface area contributed by atoms with E-state index >= 15 is 0 Å². The highest BCUT2D eigenvalue weighted by atomic mass is 16.5. The predicted octanol–water partition coefficient (Wildman–Crippen LogP) is 2.18. The lowest BCUT2D eigenvalue weighted by atomic mass is 9.92. The first-order valence-corrected chi connectivity index (χ1v) is 12.5. The number of pyridine rings is 1. The molecule has 2 saturated carbocycles. The third-order valence-electron chi connectivity index (χ3n) is 7.73. The van der Waals surface area contributed by atoms with Gasteiger partial charge in [-0.05, 0) is 37.8 Å². The number of carbonyl (C=O) groups excluding carboxylic acids is 1. The normalized spacial score (nSPS) is 27.0. The molecule has 2 aliphatic carbocycles. The summed E-state index contributed by atoms with van der Waals surface area (Å²) in [5.41, 5.74) is 1.12. The molecule has 5 atom stereocenters. The SMILES string of the molecule is CNc1cc(Nc2cccn([C@H]3[C@@H]4COC[C@@H]43)c2=O)nc2c(C(=O)N[C@H]3CCC[C@H](OC)C3)cnn12. The molecule has 3 aromatic rings. The van der Waals surface area contributed by atoms with Gasteiger partial charge in [0.15, 0.2) is 5.65 Å². The molecule has 11 nitrogen and oxygen atoms in total. The van der Waals surface area contributed by atoms with Gasteiger partial charge < -0.3 is 30.0 Å². The van der Waals surface area contributed by atoms with Crippen LogP contribution in [0.3, 0.4) is 0 Å². The molecule has 0 spiro atoms. The van der Waals surface area contributed by atoms with Gasteiger partial charge in [-0.1, -0.05) is 0 Å². The number of rotatable bonds is 7. The standard InChI is InChI=1S/C25H31N7O4/c1-26-21-10-20(29-19-7-4-8-31(25(19)34)22-17-12-36-13-18(17)22)30-23-16(11-27-32(21)23)24(33)28-14-5-3-6-15(9-14)35-2/h4,7-8,10-11,14-15,17-18,22,26H,3,5-6,9,12-13H2,1-2H3,(H,28,33)(H,29,30)/t14-,15-,17-,18+,22+/m0/s1. The molecular formula is C25H31N7O4. The van der Waals surface area contributed by atoms with Gasteiger partial charge in [-0.25, -0.2) is 4.98 Å². The molecule has 11 heteroatoms. The molecule has 190 valence electrons. The summed E-state index contributed by atoms with van der Waals surface area (Å²) in [6.07, 6.45) is 7.26. The summed E-state index contributed by atoms with van der Waals surface area (Å²) in [5.74, 6) is 1.71. The lowest BCUT2D eigenvalue weighted by Crippen LogP contribution is -2.40. The summed E-state index contributed by atoms with van der Waals surface area (Å²) in [6.45, 7) is 1.42. The van der Waals surface area contributed by atoms with Crippen molar-refractivity contribution in [3.05, 3.63) is 46.5 Å². The Bertz CT molecular complexity index is 1340. The highest BCUT2D eigenvalue weighted by Crippen LogP contribution is 2.53. The highest BCUT2D eigenvalue weighted by molar-refractivity contribution is 6.00. The molecule has 4 heterocycles. The lowest BCUT2D eigenvalue weighted by molar-refractivity contribution is 0.0563. The molecule has 0 unspecified atom stereocenters. The first-order chi connectivity index (χ1) is 17.6. The van der Waals surface area contributed by atoms with Crippen LogP contribution in [0.15, 0.2) is 35.4 Å². The Kier molecular flexibility index (Phi) is 5.88. The third-order valence-corrected chi connectivity index (χ3v) is 7.73. The van der Waals surface area contributed by atoms with Crippen LogP contribution in [0, 0.1) is 11.8 Å². The molecular weight excluding hydrogens is 462 g/mol. The fourth-order valence-corrected chi connectivity index (χ4v) is 5.72. The van der Waals surface area contributed by atoms with E-state index in [0.29, 0.717) is 53.6 Å². The minimum Gasteiger partial charge on any atom is -0.381 e.